The number of hydrogen-bond donors (Lipinski definition) is 1. The van der Waals surface area contributed by atoms with E-state index in [0.29, 0.717) is 19.7 Å². The molecule has 2 aromatic carbocycles. The maximum absolute atomic E-state index is 12.6. The average Bonchev–Trinajstić information content (AvgIpc) is 2.65. The molecule has 0 radical (unpaired) electrons. The Kier molecular flexibility index (Phi) is 6.38. The lowest BCUT2D eigenvalue weighted by molar-refractivity contribution is -0.274. The summed E-state index contributed by atoms with van der Waals surface area (Å²) in [4.78, 5) is 26.5. The van der Waals surface area contributed by atoms with Gasteiger partial charge in [0.1, 0.15) is 11.9 Å². The quantitative estimate of drug-likeness (QED) is 0.796. The maximum atomic E-state index is 12.6. The number of nitrogens with one attached hydrogen (secondary N) is 1. The summed E-state index contributed by atoms with van der Waals surface area (Å²) < 4.78 is 46.2. The van der Waals surface area contributed by atoms with Crippen LogP contribution in [0.2, 0.25) is 0 Å². The van der Waals surface area contributed by atoms with E-state index in [1.807, 2.05) is 30.3 Å². The fraction of sp³-hybridized carbons (Fsp3) is 0.300. The normalized spacial score (nSPS) is 17.1. The van der Waals surface area contributed by atoms with Gasteiger partial charge in [-0.3, -0.25) is 9.59 Å². The molecule has 2 amide bonds. The number of hydrogen-bond acceptors (Lipinski definition) is 4. The number of nitrogens with zero attached hydrogens (tertiary/aromatic N) is 1. The lowest BCUT2D eigenvalue weighted by atomic mass is 10.1. The molecule has 1 aliphatic rings. The molecule has 1 saturated heterocycles. The molecule has 0 aliphatic carbocycles. The second kappa shape index (κ2) is 8.95. The average molecular weight is 408 g/mol. The molecule has 6 nitrogen and oxygen atoms in total. The van der Waals surface area contributed by atoms with Crippen LogP contribution >= 0.6 is 0 Å². The van der Waals surface area contributed by atoms with Gasteiger partial charge in [-0.25, -0.2) is 0 Å². The predicted octanol–water partition coefficient (Wildman–Crippen LogP) is 3.34. The molecule has 0 spiro atoms. The van der Waals surface area contributed by atoms with Crippen LogP contribution in [0, 0.1) is 0 Å². The Hall–Kier alpha value is -3.07. The molecule has 1 heterocycles. The van der Waals surface area contributed by atoms with Crippen LogP contribution in [-0.4, -0.2) is 42.3 Å². The highest BCUT2D eigenvalue weighted by Gasteiger charge is 2.32. The van der Waals surface area contributed by atoms with Crippen LogP contribution in [0.1, 0.15) is 12.0 Å². The number of benzene rings is 2. The van der Waals surface area contributed by atoms with Crippen LogP contribution in [0.3, 0.4) is 0 Å². The molecule has 1 fully saturated rings. The largest absolute Gasteiger partial charge is 0.573 e. The minimum Gasteiger partial charge on any atom is -0.406 e. The Morgan fingerprint density at radius 3 is 2.66 bits per heavy atom. The fourth-order valence-corrected chi connectivity index (χ4v) is 2.95. The second-order valence-corrected chi connectivity index (χ2v) is 6.43. The highest BCUT2D eigenvalue weighted by molar-refractivity contribution is 5.95. The van der Waals surface area contributed by atoms with Gasteiger partial charge >= 0.3 is 6.36 Å². The molecule has 2 aromatic rings. The summed E-state index contributed by atoms with van der Waals surface area (Å²) >= 11 is 0. The molecule has 0 aromatic heterocycles. The van der Waals surface area contributed by atoms with Crippen molar-refractivity contribution in [1.29, 1.82) is 0 Å². The number of carbonyl (C=O) groups is 2. The Bertz CT molecular complexity index is 858. The van der Waals surface area contributed by atoms with E-state index in [1.165, 1.54) is 12.1 Å². The summed E-state index contributed by atoms with van der Waals surface area (Å²) in [6.07, 6.45) is -6.01. The van der Waals surface area contributed by atoms with Gasteiger partial charge in [0, 0.05) is 24.8 Å². The van der Waals surface area contributed by atoms with E-state index < -0.39 is 24.1 Å². The molecule has 0 bridgehead atoms. The van der Waals surface area contributed by atoms with Crippen molar-refractivity contribution in [3.8, 4) is 5.75 Å². The summed E-state index contributed by atoms with van der Waals surface area (Å²) in [5.41, 5.74) is 1.09. The van der Waals surface area contributed by atoms with Gasteiger partial charge in [-0.15, -0.1) is 13.2 Å². The molecule has 3 rings (SSSR count). The van der Waals surface area contributed by atoms with Gasteiger partial charge < -0.3 is 19.7 Å². The summed E-state index contributed by atoms with van der Waals surface area (Å²) in [7, 11) is 0. The van der Waals surface area contributed by atoms with Crippen LogP contribution < -0.4 is 10.1 Å². The zero-order chi connectivity index (χ0) is 20.9. The predicted molar refractivity (Wildman–Crippen MR) is 98.0 cm³/mol. The molecule has 1 N–H and O–H groups in total. The summed E-state index contributed by atoms with van der Waals surface area (Å²) in [6.45, 7) is 1.13. The monoisotopic (exact) mass is 408 g/mol. The highest BCUT2D eigenvalue weighted by Crippen LogP contribution is 2.25. The number of ether oxygens (including phenoxy) is 2. The highest BCUT2D eigenvalue weighted by atomic mass is 19.4. The number of rotatable bonds is 6. The van der Waals surface area contributed by atoms with Crippen molar-refractivity contribution in [2.24, 2.45) is 0 Å². The molecule has 1 aliphatic heterocycles. The molecule has 154 valence electrons. The van der Waals surface area contributed by atoms with E-state index in [-0.39, 0.29) is 18.0 Å². The molecular weight excluding hydrogens is 389 g/mol. The minimum absolute atomic E-state index is 0.126. The van der Waals surface area contributed by atoms with Gasteiger partial charge in [-0.1, -0.05) is 36.4 Å². The van der Waals surface area contributed by atoms with Crippen molar-refractivity contribution in [3.05, 3.63) is 60.2 Å². The third-order valence-corrected chi connectivity index (χ3v) is 4.21. The Morgan fingerprint density at radius 2 is 1.93 bits per heavy atom. The summed E-state index contributed by atoms with van der Waals surface area (Å²) in [5.74, 6) is -1.30. The summed E-state index contributed by atoms with van der Waals surface area (Å²) in [6, 6.07) is 14.4. The van der Waals surface area contributed by atoms with Crippen LogP contribution in [-0.2, 0) is 20.9 Å². The molecular formula is C20H19F3N2O4. The van der Waals surface area contributed by atoms with Crippen molar-refractivity contribution in [1.82, 2.24) is 4.90 Å². The first-order valence-electron chi connectivity index (χ1n) is 8.90. The first-order valence-corrected chi connectivity index (χ1v) is 8.90. The van der Waals surface area contributed by atoms with E-state index in [9.17, 15) is 22.8 Å². The van der Waals surface area contributed by atoms with Crippen molar-refractivity contribution >= 4 is 17.5 Å². The molecule has 0 saturated carbocycles. The topological polar surface area (TPSA) is 67.9 Å². The van der Waals surface area contributed by atoms with Gasteiger partial charge in [0.25, 0.3) is 5.91 Å². The SMILES string of the molecule is O=C(C[C@H]1OCCN(Cc2ccccc2)C1=O)Nc1cccc(OC(F)(F)F)c1. The third-order valence-electron chi connectivity index (χ3n) is 4.21. The number of carbonyl (C=O) groups excluding carboxylic acids is 2. The molecule has 1 atom stereocenters. The van der Waals surface area contributed by atoms with Crippen molar-refractivity contribution in [2.75, 3.05) is 18.5 Å². The fourth-order valence-electron chi connectivity index (χ4n) is 2.95. The number of alkyl halides is 3. The van der Waals surface area contributed by atoms with Crippen LogP contribution in [0.15, 0.2) is 54.6 Å². The summed E-state index contributed by atoms with van der Waals surface area (Å²) in [5, 5.41) is 2.46. The second-order valence-electron chi connectivity index (χ2n) is 6.43. The zero-order valence-electron chi connectivity index (χ0n) is 15.3. The van der Waals surface area contributed by atoms with Gasteiger partial charge in [0.05, 0.1) is 13.0 Å². The number of halogens is 3. The molecule has 9 heteroatoms. The van der Waals surface area contributed by atoms with Crippen molar-refractivity contribution in [2.45, 2.75) is 25.4 Å². The Balaban J connectivity index is 1.57. The first-order chi connectivity index (χ1) is 13.8. The minimum atomic E-state index is -4.83. The Morgan fingerprint density at radius 1 is 1.17 bits per heavy atom. The van der Waals surface area contributed by atoms with Crippen molar-refractivity contribution in [3.63, 3.8) is 0 Å². The van der Waals surface area contributed by atoms with Gasteiger partial charge in [-0.05, 0) is 17.7 Å². The maximum Gasteiger partial charge on any atom is 0.573 e. The van der Waals surface area contributed by atoms with Crippen molar-refractivity contribution < 1.29 is 32.2 Å². The van der Waals surface area contributed by atoms with Crippen LogP contribution in [0.25, 0.3) is 0 Å². The smallest absolute Gasteiger partial charge is 0.406 e. The number of anilines is 1. The molecule has 0 unspecified atom stereocenters. The van der Waals surface area contributed by atoms with E-state index in [4.69, 9.17) is 4.74 Å². The zero-order valence-corrected chi connectivity index (χ0v) is 15.3. The van der Waals surface area contributed by atoms with Crippen LogP contribution in [0.4, 0.5) is 18.9 Å². The van der Waals surface area contributed by atoms with Gasteiger partial charge in [0.2, 0.25) is 5.91 Å². The van der Waals surface area contributed by atoms with Gasteiger partial charge in [-0.2, -0.15) is 0 Å². The lowest BCUT2D eigenvalue weighted by Crippen LogP contribution is -2.48. The van der Waals surface area contributed by atoms with E-state index in [1.54, 1.807) is 4.90 Å². The van der Waals surface area contributed by atoms with E-state index in [2.05, 4.69) is 10.1 Å². The first kappa shape index (κ1) is 20.7. The number of amides is 2. The number of morpholine rings is 1. The van der Waals surface area contributed by atoms with E-state index in [0.717, 1.165) is 17.7 Å². The van der Waals surface area contributed by atoms with Gasteiger partial charge in [0.15, 0.2) is 0 Å². The third kappa shape index (κ3) is 6.21. The van der Waals surface area contributed by atoms with E-state index >= 15 is 0 Å². The standard InChI is InChI=1S/C20H19F3N2O4/c21-20(22,23)29-16-8-4-7-15(11-16)24-18(26)12-17-19(27)25(9-10-28-17)13-14-5-2-1-3-6-14/h1-8,11,17H,9-10,12-13H2,(H,24,26)/t17-/m1/s1. The molecule has 29 heavy (non-hydrogen) atoms. The van der Waals surface area contributed by atoms with Crippen LogP contribution in [0.5, 0.6) is 5.75 Å². The lowest BCUT2D eigenvalue weighted by Gasteiger charge is -2.32. The Labute approximate surface area is 165 Å².